The van der Waals surface area contributed by atoms with E-state index in [0.29, 0.717) is 0 Å². The molecule has 0 fully saturated rings. The van der Waals surface area contributed by atoms with Crippen LogP contribution in [0.4, 0.5) is 20.2 Å². The van der Waals surface area contributed by atoms with Crippen molar-refractivity contribution < 1.29 is 13.6 Å². The van der Waals surface area contributed by atoms with E-state index in [1.165, 1.54) is 37.4 Å². The number of halogens is 3. The normalized spacial score (nSPS) is 10.2. The van der Waals surface area contributed by atoms with Crippen molar-refractivity contribution in [1.82, 2.24) is 0 Å². The zero-order chi connectivity index (χ0) is 14.7. The number of rotatable bonds is 3. The number of hydrogen-bond donors (Lipinski definition) is 2. The van der Waals surface area contributed by atoms with E-state index in [2.05, 4.69) is 10.6 Å². The molecule has 0 radical (unpaired) electrons. The van der Waals surface area contributed by atoms with Crippen LogP contribution in [0.15, 0.2) is 36.4 Å². The Hall–Kier alpha value is -2.14. The smallest absolute Gasteiger partial charge is 0.257 e. The first-order valence-corrected chi connectivity index (χ1v) is 6.13. The first-order valence-electron chi connectivity index (χ1n) is 5.75. The fourth-order valence-corrected chi connectivity index (χ4v) is 1.96. The van der Waals surface area contributed by atoms with E-state index in [0.717, 1.165) is 6.07 Å². The van der Waals surface area contributed by atoms with Crippen LogP contribution in [-0.4, -0.2) is 13.0 Å². The van der Waals surface area contributed by atoms with E-state index < -0.39 is 17.5 Å². The van der Waals surface area contributed by atoms with E-state index >= 15 is 0 Å². The summed E-state index contributed by atoms with van der Waals surface area (Å²) in [5, 5.41) is 5.21. The lowest BCUT2D eigenvalue weighted by molar-refractivity contribution is 0.102. The minimum atomic E-state index is -0.539. The maximum Gasteiger partial charge on any atom is 0.257 e. The number of benzene rings is 2. The Bertz CT molecular complexity index is 662. The summed E-state index contributed by atoms with van der Waals surface area (Å²) in [6, 6.07) is 7.74. The van der Waals surface area contributed by atoms with Crippen molar-refractivity contribution in [2.24, 2.45) is 0 Å². The molecule has 0 unspecified atom stereocenters. The van der Waals surface area contributed by atoms with Gasteiger partial charge in [-0.15, -0.1) is 0 Å². The molecule has 0 saturated heterocycles. The number of nitrogens with one attached hydrogen (secondary N) is 2. The highest BCUT2D eigenvalue weighted by atomic mass is 35.5. The van der Waals surface area contributed by atoms with Crippen LogP contribution in [0.3, 0.4) is 0 Å². The Morgan fingerprint density at radius 1 is 1.20 bits per heavy atom. The molecule has 0 saturated carbocycles. The van der Waals surface area contributed by atoms with Crippen molar-refractivity contribution in [3.05, 3.63) is 58.6 Å². The van der Waals surface area contributed by atoms with Gasteiger partial charge in [0.05, 0.1) is 22.0 Å². The Morgan fingerprint density at radius 3 is 2.60 bits per heavy atom. The summed E-state index contributed by atoms with van der Waals surface area (Å²) in [7, 11) is 1.51. The monoisotopic (exact) mass is 296 g/mol. The van der Waals surface area contributed by atoms with Gasteiger partial charge in [-0.25, -0.2) is 8.78 Å². The number of amides is 1. The third-order valence-corrected chi connectivity index (χ3v) is 3.00. The molecular weight excluding hydrogens is 286 g/mol. The lowest BCUT2D eigenvalue weighted by Gasteiger charge is -2.11. The van der Waals surface area contributed by atoms with Crippen LogP contribution in [0.2, 0.25) is 5.02 Å². The Labute approximate surface area is 119 Å². The molecule has 0 atom stereocenters. The first-order chi connectivity index (χ1) is 9.52. The van der Waals surface area contributed by atoms with Crippen LogP contribution in [0.25, 0.3) is 0 Å². The number of para-hydroxylation sites is 1. The molecule has 20 heavy (non-hydrogen) atoms. The highest BCUT2D eigenvalue weighted by molar-refractivity contribution is 6.34. The second-order valence-electron chi connectivity index (χ2n) is 3.99. The van der Waals surface area contributed by atoms with Crippen LogP contribution in [-0.2, 0) is 0 Å². The van der Waals surface area contributed by atoms with Crippen LogP contribution >= 0.6 is 11.6 Å². The molecule has 2 aromatic rings. The molecule has 0 aliphatic rings. The Kier molecular flexibility index (Phi) is 4.20. The standard InChI is InChI=1S/C14H11ClF2N2O/c1-18-13-9(3-2-4-11(13)17)14(20)19-12-6-5-8(16)7-10(12)15/h2-7,18H,1H3,(H,19,20). The molecule has 104 valence electrons. The van der Waals surface area contributed by atoms with Crippen molar-refractivity contribution in [1.29, 1.82) is 0 Å². The van der Waals surface area contributed by atoms with Gasteiger partial charge in [-0.2, -0.15) is 0 Å². The average molecular weight is 297 g/mol. The van der Waals surface area contributed by atoms with Gasteiger partial charge in [0.25, 0.3) is 5.91 Å². The maximum atomic E-state index is 13.6. The number of carbonyl (C=O) groups is 1. The van der Waals surface area contributed by atoms with E-state index in [1.54, 1.807) is 0 Å². The SMILES string of the molecule is CNc1c(F)cccc1C(=O)Nc1ccc(F)cc1Cl. The Morgan fingerprint density at radius 2 is 1.95 bits per heavy atom. The van der Waals surface area contributed by atoms with Gasteiger partial charge in [0.1, 0.15) is 11.6 Å². The minimum Gasteiger partial charge on any atom is -0.385 e. The molecule has 0 aliphatic heterocycles. The van der Waals surface area contributed by atoms with Gasteiger partial charge >= 0.3 is 0 Å². The summed E-state index contributed by atoms with van der Waals surface area (Å²) in [5.74, 6) is -1.58. The predicted molar refractivity (Wildman–Crippen MR) is 75.3 cm³/mol. The zero-order valence-electron chi connectivity index (χ0n) is 10.5. The second-order valence-corrected chi connectivity index (χ2v) is 4.40. The molecule has 0 heterocycles. The van der Waals surface area contributed by atoms with Gasteiger partial charge in [0, 0.05) is 7.05 Å². The van der Waals surface area contributed by atoms with Gasteiger partial charge in [0.2, 0.25) is 0 Å². The molecule has 0 bridgehead atoms. The summed E-state index contributed by atoms with van der Waals surface area (Å²) >= 11 is 5.82. The topological polar surface area (TPSA) is 41.1 Å². The van der Waals surface area contributed by atoms with Crippen molar-refractivity contribution in [2.75, 3.05) is 17.7 Å². The van der Waals surface area contributed by atoms with Gasteiger partial charge < -0.3 is 10.6 Å². The zero-order valence-corrected chi connectivity index (χ0v) is 11.3. The van der Waals surface area contributed by atoms with Crippen LogP contribution in [0.1, 0.15) is 10.4 Å². The summed E-state index contributed by atoms with van der Waals surface area (Å²) in [4.78, 5) is 12.1. The molecule has 0 spiro atoms. The minimum absolute atomic E-state index is 0.0701. The van der Waals surface area contributed by atoms with E-state index in [9.17, 15) is 13.6 Å². The molecule has 0 aliphatic carbocycles. The van der Waals surface area contributed by atoms with Crippen molar-refractivity contribution >= 4 is 28.9 Å². The maximum absolute atomic E-state index is 13.6. The van der Waals surface area contributed by atoms with Crippen molar-refractivity contribution in [2.45, 2.75) is 0 Å². The fourth-order valence-electron chi connectivity index (χ4n) is 1.75. The van der Waals surface area contributed by atoms with Crippen molar-refractivity contribution in [3.63, 3.8) is 0 Å². The second kappa shape index (κ2) is 5.88. The molecular formula is C14H11ClF2N2O. The van der Waals surface area contributed by atoms with E-state index in [4.69, 9.17) is 11.6 Å². The summed E-state index contributed by atoms with van der Waals surface area (Å²) in [6.07, 6.45) is 0. The van der Waals surface area contributed by atoms with Crippen LogP contribution < -0.4 is 10.6 Å². The summed E-state index contributed by atoms with van der Waals surface area (Å²) < 4.78 is 26.5. The van der Waals surface area contributed by atoms with Crippen LogP contribution in [0.5, 0.6) is 0 Å². The molecule has 2 aromatic carbocycles. The highest BCUT2D eigenvalue weighted by Crippen LogP contribution is 2.25. The van der Waals surface area contributed by atoms with Gasteiger partial charge in [0.15, 0.2) is 0 Å². The third kappa shape index (κ3) is 2.88. The molecule has 1 amide bonds. The van der Waals surface area contributed by atoms with E-state index in [1.807, 2.05) is 0 Å². The van der Waals surface area contributed by atoms with Gasteiger partial charge in [-0.1, -0.05) is 17.7 Å². The van der Waals surface area contributed by atoms with E-state index in [-0.39, 0.29) is 22.0 Å². The van der Waals surface area contributed by atoms with Gasteiger partial charge in [-0.3, -0.25) is 4.79 Å². The molecule has 0 aromatic heterocycles. The molecule has 2 N–H and O–H groups in total. The highest BCUT2D eigenvalue weighted by Gasteiger charge is 2.15. The van der Waals surface area contributed by atoms with Crippen LogP contribution in [0, 0.1) is 11.6 Å². The number of hydrogen-bond acceptors (Lipinski definition) is 2. The Balaban J connectivity index is 2.31. The first kappa shape index (κ1) is 14.3. The lowest BCUT2D eigenvalue weighted by atomic mass is 10.1. The fraction of sp³-hybridized carbons (Fsp3) is 0.0714. The molecule has 3 nitrogen and oxygen atoms in total. The summed E-state index contributed by atoms with van der Waals surface area (Å²) in [5.41, 5.74) is 0.473. The molecule has 2 rings (SSSR count). The quantitative estimate of drug-likeness (QED) is 0.901. The number of anilines is 2. The third-order valence-electron chi connectivity index (χ3n) is 2.69. The predicted octanol–water partition coefficient (Wildman–Crippen LogP) is 3.91. The van der Waals surface area contributed by atoms with Gasteiger partial charge in [-0.05, 0) is 30.3 Å². The number of carbonyl (C=O) groups excluding carboxylic acids is 1. The summed E-state index contributed by atoms with van der Waals surface area (Å²) in [6.45, 7) is 0. The lowest BCUT2D eigenvalue weighted by Crippen LogP contribution is -2.15. The largest absolute Gasteiger partial charge is 0.385 e. The van der Waals surface area contributed by atoms with Crippen molar-refractivity contribution in [3.8, 4) is 0 Å². The average Bonchev–Trinajstić information content (AvgIpc) is 2.41. The molecule has 6 heteroatoms.